The average molecular weight is 348 g/mol. The van der Waals surface area contributed by atoms with Crippen LogP contribution in [0.15, 0.2) is 40.9 Å². The van der Waals surface area contributed by atoms with E-state index in [2.05, 4.69) is 15.9 Å². The number of halogens is 4. The summed E-state index contributed by atoms with van der Waals surface area (Å²) in [4.78, 5) is 0. The third kappa shape index (κ3) is 3.53. The Morgan fingerprint density at radius 1 is 1.11 bits per heavy atom. The first-order valence-corrected chi connectivity index (χ1v) is 6.71. The van der Waals surface area contributed by atoms with E-state index in [9.17, 15) is 13.9 Å². The van der Waals surface area contributed by atoms with Crippen molar-refractivity contribution < 1.29 is 13.9 Å². The molecule has 0 spiro atoms. The SMILES string of the molecule is OC(Cc1ccc(F)c(F)c1)c1cc(Cl)ccc1Br. The van der Waals surface area contributed by atoms with Gasteiger partial charge in [0.25, 0.3) is 0 Å². The van der Waals surface area contributed by atoms with E-state index in [4.69, 9.17) is 11.6 Å². The van der Waals surface area contributed by atoms with Crippen LogP contribution in [0.5, 0.6) is 0 Å². The van der Waals surface area contributed by atoms with Crippen LogP contribution in [0.25, 0.3) is 0 Å². The maximum Gasteiger partial charge on any atom is 0.159 e. The van der Waals surface area contributed by atoms with Crippen molar-refractivity contribution in [3.8, 4) is 0 Å². The molecule has 0 aromatic heterocycles. The van der Waals surface area contributed by atoms with Gasteiger partial charge in [0.05, 0.1) is 6.10 Å². The fourth-order valence-corrected chi connectivity index (χ4v) is 2.46. The quantitative estimate of drug-likeness (QED) is 0.856. The van der Waals surface area contributed by atoms with Crippen LogP contribution in [0.1, 0.15) is 17.2 Å². The maximum absolute atomic E-state index is 13.1. The van der Waals surface area contributed by atoms with Gasteiger partial charge in [0.2, 0.25) is 0 Å². The van der Waals surface area contributed by atoms with Gasteiger partial charge in [0.15, 0.2) is 11.6 Å². The molecule has 0 saturated heterocycles. The van der Waals surface area contributed by atoms with E-state index in [1.165, 1.54) is 6.07 Å². The largest absolute Gasteiger partial charge is 0.388 e. The lowest BCUT2D eigenvalue weighted by Crippen LogP contribution is -2.03. The van der Waals surface area contributed by atoms with Gasteiger partial charge in [-0.05, 0) is 41.5 Å². The molecule has 0 saturated carbocycles. The van der Waals surface area contributed by atoms with Crippen molar-refractivity contribution in [2.45, 2.75) is 12.5 Å². The normalized spacial score (nSPS) is 12.5. The minimum Gasteiger partial charge on any atom is -0.388 e. The van der Waals surface area contributed by atoms with Crippen LogP contribution in [0.4, 0.5) is 8.78 Å². The number of hydrogen-bond donors (Lipinski definition) is 1. The van der Waals surface area contributed by atoms with Crippen molar-refractivity contribution in [3.63, 3.8) is 0 Å². The molecule has 1 atom stereocenters. The summed E-state index contributed by atoms with van der Waals surface area (Å²) < 4.78 is 26.6. The third-order valence-corrected chi connectivity index (χ3v) is 3.69. The molecule has 19 heavy (non-hydrogen) atoms. The molecule has 0 heterocycles. The fraction of sp³-hybridized carbons (Fsp3) is 0.143. The lowest BCUT2D eigenvalue weighted by molar-refractivity contribution is 0.177. The van der Waals surface area contributed by atoms with Crippen molar-refractivity contribution >= 4 is 27.5 Å². The molecule has 0 aliphatic rings. The van der Waals surface area contributed by atoms with Crippen molar-refractivity contribution in [1.29, 1.82) is 0 Å². The van der Waals surface area contributed by atoms with Gasteiger partial charge in [-0.1, -0.05) is 33.6 Å². The summed E-state index contributed by atoms with van der Waals surface area (Å²) in [7, 11) is 0. The van der Waals surface area contributed by atoms with E-state index in [-0.39, 0.29) is 6.42 Å². The first-order chi connectivity index (χ1) is 8.97. The Balaban J connectivity index is 2.22. The number of aliphatic hydroxyl groups excluding tert-OH is 1. The predicted octanol–water partition coefficient (Wildman–Crippen LogP) is 4.66. The summed E-state index contributed by atoms with van der Waals surface area (Å²) in [5, 5.41) is 10.6. The molecule has 0 fully saturated rings. The predicted molar refractivity (Wildman–Crippen MR) is 74.2 cm³/mol. The molecule has 100 valence electrons. The molecule has 1 unspecified atom stereocenters. The molecule has 0 amide bonds. The summed E-state index contributed by atoms with van der Waals surface area (Å²) in [5.74, 6) is -1.82. The van der Waals surface area contributed by atoms with E-state index in [1.54, 1.807) is 18.2 Å². The zero-order valence-corrected chi connectivity index (χ0v) is 12.0. The summed E-state index contributed by atoms with van der Waals surface area (Å²) in [5.41, 5.74) is 1.12. The molecule has 2 aromatic rings. The topological polar surface area (TPSA) is 20.2 Å². The van der Waals surface area contributed by atoms with E-state index < -0.39 is 17.7 Å². The molecule has 0 bridgehead atoms. The minimum atomic E-state index is -0.921. The molecule has 0 radical (unpaired) electrons. The van der Waals surface area contributed by atoms with Gasteiger partial charge in [0, 0.05) is 15.9 Å². The van der Waals surface area contributed by atoms with E-state index in [0.717, 1.165) is 12.1 Å². The number of hydrogen-bond acceptors (Lipinski definition) is 1. The van der Waals surface area contributed by atoms with Crippen LogP contribution in [0.3, 0.4) is 0 Å². The van der Waals surface area contributed by atoms with E-state index in [1.807, 2.05) is 0 Å². The maximum atomic E-state index is 13.1. The van der Waals surface area contributed by atoms with E-state index in [0.29, 0.717) is 20.6 Å². The summed E-state index contributed by atoms with van der Waals surface area (Å²) in [6, 6.07) is 8.63. The standard InChI is InChI=1S/C14H10BrClF2O/c15-11-3-2-9(16)7-10(11)14(19)6-8-1-4-12(17)13(18)5-8/h1-5,7,14,19H,6H2. The molecular weight excluding hydrogens is 338 g/mol. The molecule has 5 heteroatoms. The number of aliphatic hydroxyl groups is 1. The lowest BCUT2D eigenvalue weighted by Gasteiger charge is -2.13. The molecule has 1 nitrogen and oxygen atoms in total. The van der Waals surface area contributed by atoms with Crippen LogP contribution in [-0.4, -0.2) is 5.11 Å². The molecular formula is C14H10BrClF2O. The summed E-state index contributed by atoms with van der Waals surface area (Å²) >= 11 is 9.19. The first kappa shape index (κ1) is 14.4. The van der Waals surface area contributed by atoms with Crippen molar-refractivity contribution in [3.05, 3.63) is 68.7 Å². The highest BCUT2D eigenvalue weighted by atomic mass is 79.9. The van der Waals surface area contributed by atoms with Crippen LogP contribution in [-0.2, 0) is 6.42 Å². The second-order valence-corrected chi connectivity index (χ2v) is 5.42. The minimum absolute atomic E-state index is 0.177. The van der Waals surface area contributed by atoms with Crippen LogP contribution in [0.2, 0.25) is 5.02 Å². The highest BCUT2D eigenvalue weighted by molar-refractivity contribution is 9.10. The van der Waals surface area contributed by atoms with Crippen LogP contribution >= 0.6 is 27.5 Å². The Morgan fingerprint density at radius 3 is 2.53 bits per heavy atom. The summed E-state index contributed by atoms with van der Waals surface area (Å²) in [6.07, 6.45) is -0.672. The van der Waals surface area contributed by atoms with Gasteiger partial charge in [0.1, 0.15) is 0 Å². The van der Waals surface area contributed by atoms with Crippen LogP contribution < -0.4 is 0 Å². The van der Waals surface area contributed by atoms with E-state index >= 15 is 0 Å². The monoisotopic (exact) mass is 346 g/mol. The molecule has 2 rings (SSSR count). The van der Waals surface area contributed by atoms with Crippen LogP contribution in [0, 0.1) is 11.6 Å². The smallest absolute Gasteiger partial charge is 0.159 e. The zero-order valence-electron chi connectivity index (χ0n) is 9.71. The van der Waals surface area contributed by atoms with Gasteiger partial charge in [-0.15, -0.1) is 0 Å². The molecule has 0 aliphatic heterocycles. The Morgan fingerprint density at radius 2 is 1.84 bits per heavy atom. The number of benzene rings is 2. The zero-order chi connectivity index (χ0) is 14.0. The van der Waals surface area contributed by atoms with Crippen molar-refractivity contribution in [1.82, 2.24) is 0 Å². The Kier molecular flexibility index (Phi) is 4.55. The lowest BCUT2D eigenvalue weighted by atomic mass is 10.0. The van der Waals surface area contributed by atoms with Gasteiger partial charge in [-0.2, -0.15) is 0 Å². The highest BCUT2D eigenvalue weighted by Gasteiger charge is 2.14. The van der Waals surface area contributed by atoms with Crippen molar-refractivity contribution in [2.24, 2.45) is 0 Å². The Hall–Kier alpha value is -0.970. The van der Waals surface area contributed by atoms with Gasteiger partial charge < -0.3 is 5.11 Å². The molecule has 0 aliphatic carbocycles. The van der Waals surface area contributed by atoms with Crippen molar-refractivity contribution in [2.75, 3.05) is 0 Å². The summed E-state index contributed by atoms with van der Waals surface area (Å²) in [6.45, 7) is 0. The third-order valence-electron chi connectivity index (χ3n) is 2.73. The average Bonchev–Trinajstić information content (AvgIpc) is 2.36. The number of rotatable bonds is 3. The Bertz CT molecular complexity index is 604. The second-order valence-electron chi connectivity index (χ2n) is 4.13. The van der Waals surface area contributed by atoms with Gasteiger partial charge in [-0.3, -0.25) is 0 Å². The molecule has 2 aromatic carbocycles. The molecule has 1 N–H and O–H groups in total. The Labute approximate surface area is 123 Å². The van der Waals surface area contributed by atoms with Gasteiger partial charge >= 0.3 is 0 Å². The fourth-order valence-electron chi connectivity index (χ4n) is 1.77. The first-order valence-electron chi connectivity index (χ1n) is 5.54. The van der Waals surface area contributed by atoms with Gasteiger partial charge in [-0.25, -0.2) is 8.78 Å². The highest BCUT2D eigenvalue weighted by Crippen LogP contribution is 2.29. The second kappa shape index (κ2) is 5.99.